The van der Waals surface area contributed by atoms with Gasteiger partial charge in [0.05, 0.1) is 0 Å². The number of carbonyl (C=O) groups is 1. The van der Waals surface area contributed by atoms with Crippen molar-refractivity contribution in [3.63, 3.8) is 0 Å². The third-order valence-electron chi connectivity index (χ3n) is 3.12. The molecule has 0 bridgehead atoms. The van der Waals surface area contributed by atoms with Crippen molar-refractivity contribution in [2.24, 2.45) is 0 Å². The van der Waals surface area contributed by atoms with Crippen LogP contribution in [0.1, 0.15) is 26.2 Å². The van der Waals surface area contributed by atoms with Gasteiger partial charge in [-0.3, -0.25) is 4.79 Å². The van der Waals surface area contributed by atoms with Gasteiger partial charge in [-0.1, -0.05) is 0 Å². The number of carbonyl (C=O) groups excluding carboxylic acids is 1. The first-order valence-electron chi connectivity index (χ1n) is 4.23. The third kappa shape index (κ3) is 0.716. The molecule has 0 spiro atoms. The van der Waals surface area contributed by atoms with Gasteiger partial charge >= 0.3 is 0 Å². The second-order valence-electron chi connectivity index (χ2n) is 3.89. The minimum atomic E-state index is -1.29. The number of fused-ring (bicyclic) bond motifs is 1. The molecular weight excluding hydrogens is 158 g/mol. The molecule has 0 aromatic heterocycles. The van der Waals surface area contributed by atoms with Crippen molar-refractivity contribution in [2.45, 2.75) is 37.5 Å². The van der Waals surface area contributed by atoms with Crippen molar-refractivity contribution in [2.75, 3.05) is 6.54 Å². The molecule has 0 radical (unpaired) electrons. The fourth-order valence-corrected chi connectivity index (χ4v) is 2.16. The topological polar surface area (TPSA) is 60.8 Å². The van der Waals surface area contributed by atoms with E-state index < -0.39 is 11.3 Å². The van der Waals surface area contributed by atoms with Crippen LogP contribution in [0.2, 0.25) is 0 Å². The zero-order valence-corrected chi connectivity index (χ0v) is 7.08. The Hall–Kier alpha value is -0.610. The zero-order valence-electron chi connectivity index (χ0n) is 7.08. The first kappa shape index (κ1) is 8.01. The molecule has 2 heterocycles. The molecule has 2 atom stereocenters. The van der Waals surface area contributed by atoms with Crippen molar-refractivity contribution >= 4 is 5.91 Å². The molecule has 0 saturated carbocycles. The Labute approximate surface area is 70.8 Å². The van der Waals surface area contributed by atoms with Crippen LogP contribution in [0.15, 0.2) is 0 Å². The zero-order chi connectivity index (χ0) is 8.98. The largest absolute Gasteiger partial charge is 0.385 e. The predicted octanol–water partition coefficient (Wildman–Crippen LogP) is -0.548. The molecule has 2 rings (SSSR count). The third-order valence-corrected chi connectivity index (χ3v) is 3.12. The molecule has 1 amide bonds. The van der Waals surface area contributed by atoms with E-state index in [1.807, 2.05) is 0 Å². The highest BCUT2D eigenvalue weighted by atomic mass is 16.4. The van der Waals surface area contributed by atoms with Gasteiger partial charge < -0.3 is 15.1 Å². The lowest BCUT2D eigenvalue weighted by molar-refractivity contribution is -0.177. The van der Waals surface area contributed by atoms with Gasteiger partial charge in [0.25, 0.3) is 0 Å². The molecule has 68 valence electrons. The van der Waals surface area contributed by atoms with Crippen LogP contribution in [0, 0.1) is 0 Å². The number of rotatable bonds is 0. The van der Waals surface area contributed by atoms with Crippen LogP contribution in [-0.4, -0.2) is 38.9 Å². The van der Waals surface area contributed by atoms with Crippen LogP contribution in [0.4, 0.5) is 0 Å². The number of nitrogens with zero attached hydrogens (tertiary/aromatic N) is 1. The van der Waals surface area contributed by atoms with E-state index >= 15 is 0 Å². The van der Waals surface area contributed by atoms with Gasteiger partial charge in [-0.15, -0.1) is 0 Å². The molecule has 2 N–H and O–H groups in total. The molecular formula is C8H13NO3. The molecule has 4 nitrogen and oxygen atoms in total. The number of hydrogen-bond acceptors (Lipinski definition) is 3. The van der Waals surface area contributed by atoms with E-state index in [0.29, 0.717) is 25.8 Å². The molecule has 0 aromatic carbocycles. The average molecular weight is 171 g/mol. The van der Waals surface area contributed by atoms with E-state index in [1.165, 1.54) is 4.90 Å². The Morgan fingerprint density at radius 3 is 2.67 bits per heavy atom. The highest BCUT2D eigenvalue weighted by molar-refractivity contribution is 5.80. The van der Waals surface area contributed by atoms with Crippen LogP contribution in [-0.2, 0) is 4.79 Å². The SMILES string of the molecule is CC1(O)CCN2C(=O)CCC21O. The summed E-state index contributed by atoms with van der Waals surface area (Å²) in [6.45, 7) is 2.06. The van der Waals surface area contributed by atoms with Crippen LogP contribution < -0.4 is 0 Å². The lowest BCUT2D eigenvalue weighted by Gasteiger charge is -2.35. The maximum Gasteiger partial charge on any atom is 0.225 e. The lowest BCUT2D eigenvalue weighted by Crippen LogP contribution is -2.53. The van der Waals surface area contributed by atoms with Crippen molar-refractivity contribution in [1.82, 2.24) is 4.90 Å². The van der Waals surface area contributed by atoms with E-state index in [9.17, 15) is 15.0 Å². The van der Waals surface area contributed by atoms with Crippen molar-refractivity contribution in [3.05, 3.63) is 0 Å². The Morgan fingerprint density at radius 2 is 2.08 bits per heavy atom. The smallest absolute Gasteiger partial charge is 0.225 e. The molecule has 2 saturated heterocycles. The average Bonchev–Trinajstić information content (AvgIpc) is 2.37. The molecule has 2 aliphatic heterocycles. The van der Waals surface area contributed by atoms with Crippen LogP contribution in [0.25, 0.3) is 0 Å². The summed E-state index contributed by atoms with van der Waals surface area (Å²) < 4.78 is 0. The van der Waals surface area contributed by atoms with E-state index in [4.69, 9.17) is 0 Å². The van der Waals surface area contributed by atoms with E-state index in [0.717, 1.165) is 0 Å². The number of aliphatic hydroxyl groups is 2. The fraction of sp³-hybridized carbons (Fsp3) is 0.875. The Kier molecular flexibility index (Phi) is 1.34. The first-order chi connectivity index (χ1) is 5.47. The van der Waals surface area contributed by atoms with Gasteiger partial charge in [-0.25, -0.2) is 0 Å². The highest BCUT2D eigenvalue weighted by Crippen LogP contribution is 2.43. The summed E-state index contributed by atoms with van der Waals surface area (Å²) in [4.78, 5) is 12.6. The molecule has 2 fully saturated rings. The van der Waals surface area contributed by atoms with E-state index in [2.05, 4.69) is 0 Å². The summed E-state index contributed by atoms with van der Waals surface area (Å²) in [7, 11) is 0. The molecule has 12 heavy (non-hydrogen) atoms. The van der Waals surface area contributed by atoms with Crippen LogP contribution in [0.5, 0.6) is 0 Å². The molecule has 2 aliphatic rings. The van der Waals surface area contributed by atoms with Crippen LogP contribution in [0.3, 0.4) is 0 Å². The molecule has 4 heteroatoms. The Morgan fingerprint density at radius 1 is 1.42 bits per heavy atom. The standard InChI is InChI=1S/C8H13NO3/c1-7(11)4-5-9-6(10)2-3-8(7,9)12/h11-12H,2-5H2,1H3. The molecule has 0 aromatic rings. The van der Waals surface area contributed by atoms with Gasteiger partial charge in [0.15, 0.2) is 5.72 Å². The summed E-state index contributed by atoms with van der Waals surface area (Å²) in [6, 6.07) is 0. The molecule has 0 aliphatic carbocycles. The fourth-order valence-electron chi connectivity index (χ4n) is 2.16. The monoisotopic (exact) mass is 171 g/mol. The van der Waals surface area contributed by atoms with Gasteiger partial charge in [0.2, 0.25) is 5.91 Å². The second-order valence-corrected chi connectivity index (χ2v) is 3.89. The summed E-state index contributed by atoms with van der Waals surface area (Å²) >= 11 is 0. The normalized spacial score (nSPS) is 46.9. The second kappa shape index (κ2) is 2.00. The predicted molar refractivity (Wildman–Crippen MR) is 41.1 cm³/mol. The van der Waals surface area contributed by atoms with Crippen molar-refractivity contribution in [1.29, 1.82) is 0 Å². The van der Waals surface area contributed by atoms with E-state index in [1.54, 1.807) is 6.92 Å². The highest BCUT2D eigenvalue weighted by Gasteiger charge is 2.59. The van der Waals surface area contributed by atoms with Gasteiger partial charge in [0, 0.05) is 19.4 Å². The maximum absolute atomic E-state index is 11.2. The lowest BCUT2D eigenvalue weighted by atomic mass is 9.91. The Bertz CT molecular complexity index is 238. The summed E-state index contributed by atoms with van der Waals surface area (Å²) in [6.07, 6.45) is 1.18. The summed E-state index contributed by atoms with van der Waals surface area (Å²) in [5.74, 6) is -0.0460. The summed E-state index contributed by atoms with van der Waals surface area (Å²) in [5, 5.41) is 19.8. The van der Waals surface area contributed by atoms with Crippen molar-refractivity contribution in [3.8, 4) is 0 Å². The minimum Gasteiger partial charge on any atom is -0.385 e. The first-order valence-corrected chi connectivity index (χ1v) is 4.23. The summed E-state index contributed by atoms with van der Waals surface area (Å²) in [5.41, 5.74) is -2.41. The minimum absolute atomic E-state index is 0.0460. The van der Waals surface area contributed by atoms with Gasteiger partial charge in [0.1, 0.15) is 5.60 Å². The molecule has 2 unspecified atom stereocenters. The Balaban J connectivity index is 2.37. The van der Waals surface area contributed by atoms with Gasteiger partial charge in [-0.2, -0.15) is 0 Å². The quantitative estimate of drug-likeness (QED) is 0.514. The van der Waals surface area contributed by atoms with E-state index in [-0.39, 0.29) is 5.91 Å². The van der Waals surface area contributed by atoms with Gasteiger partial charge in [-0.05, 0) is 13.3 Å². The number of hydrogen-bond donors (Lipinski definition) is 2. The number of amides is 1. The maximum atomic E-state index is 11.2. The van der Waals surface area contributed by atoms with Crippen LogP contribution >= 0.6 is 0 Å². The van der Waals surface area contributed by atoms with Crippen molar-refractivity contribution < 1.29 is 15.0 Å².